The zero-order valence-electron chi connectivity index (χ0n) is 10.7. The Hall–Kier alpha value is -2.60. The van der Waals surface area contributed by atoms with E-state index in [4.69, 9.17) is 10.00 Å². The quantitative estimate of drug-likeness (QED) is 0.779. The summed E-state index contributed by atoms with van der Waals surface area (Å²) in [4.78, 5) is 4.36. The molecule has 3 nitrogen and oxygen atoms in total. The van der Waals surface area contributed by atoms with Crippen LogP contribution in [0.1, 0.15) is 11.1 Å². The van der Waals surface area contributed by atoms with Crippen LogP contribution in [0.5, 0.6) is 5.75 Å². The summed E-state index contributed by atoms with van der Waals surface area (Å²) in [6, 6.07) is 17.1. The molecule has 0 saturated heterocycles. The van der Waals surface area contributed by atoms with Gasteiger partial charge in [0.15, 0.2) is 0 Å². The second-order valence-electron chi connectivity index (χ2n) is 3.99. The van der Waals surface area contributed by atoms with Crippen molar-refractivity contribution in [3.63, 3.8) is 0 Å². The van der Waals surface area contributed by atoms with Gasteiger partial charge in [0.25, 0.3) is 0 Å². The third kappa shape index (κ3) is 3.43. The predicted molar refractivity (Wildman–Crippen MR) is 76.0 cm³/mol. The standard InChI is InChI=1S/C16H14N2O/c1-19-16-5-3-2-4-14(16)10-11-18-15-8-6-13(12-17)7-9-15/h2-9,11H,10H2,1H3. The summed E-state index contributed by atoms with van der Waals surface area (Å²) in [5, 5.41) is 8.71. The maximum Gasteiger partial charge on any atom is 0.122 e. The van der Waals surface area contributed by atoms with Crippen LogP contribution in [0.3, 0.4) is 0 Å². The lowest BCUT2D eigenvalue weighted by molar-refractivity contribution is 0.411. The molecule has 0 N–H and O–H groups in total. The molecule has 0 aromatic heterocycles. The molecular weight excluding hydrogens is 236 g/mol. The number of benzene rings is 2. The molecule has 0 saturated carbocycles. The summed E-state index contributed by atoms with van der Waals surface area (Å²) in [6.07, 6.45) is 2.56. The van der Waals surface area contributed by atoms with Gasteiger partial charge in [0, 0.05) is 12.6 Å². The van der Waals surface area contributed by atoms with Crippen molar-refractivity contribution < 1.29 is 4.74 Å². The topological polar surface area (TPSA) is 45.4 Å². The summed E-state index contributed by atoms with van der Waals surface area (Å²) in [5.74, 6) is 0.869. The third-order valence-electron chi connectivity index (χ3n) is 2.74. The molecule has 0 spiro atoms. The molecule has 0 bridgehead atoms. The SMILES string of the molecule is COc1ccccc1CC=Nc1ccc(C#N)cc1. The molecule has 0 heterocycles. The fraction of sp³-hybridized carbons (Fsp3) is 0.125. The smallest absolute Gasteiger partial charge is 0.122 e. The van der Waals surface area contributed by atoms with Crippen LogP contribution in [0.4, 0.5) is 5.69 Å². The van der Waals surface area contributed by atoms with Gasteiger partial charge in [-0.3, -0.25) is 4.99 Å². The lowest BCUT2D eigenvalue weighted by atomic mass is 10.1. The first kappa shape index (κ1) is 12.8. The van der Waals surface area contributed by atoms with E-state index in [9.17, 15) is 0 Å². The van der Waals surface area contributed by atoms with Crippen LogP contribution in [0, 0.1) is 11.3 Å². The van der Waals surface area contributed by atoms with E-state index in [0.29, 0.717) is 12.0 Å². The summed E-state index contributed by atoms with van der Waals surface area (Å²) in [7, 11) is 1.66. The lowest BCUT2D eigenvalue weighted by Gasteiger charge is -2.04. The number of hydrogen-bond donors (Lipinski definition) is 0. The Labute approximate surface area is 112 Å². The van der Waals surface area contributed by atoms with Gasteiger partial charge in [-0.05, 0) is 35.9 Å². The third-order valence-corrected chi connectivity index (χ3v) is 2.74. The zero-order chi connectivity index (χ0) is 13.5. The normalized spacial score (nSPS) is 10.3. The van der Waals surface area contributed by atoms with Gasteiger partial charge in [-0.15, -0.1) is 0 Å². The lowest BCUT2D eigenvalue weighted by Crippen LogP contribution is -1.92. The van der Waals surface area contributed by atoms with Crippen LogP contribution >= 0.6 is 0 Å². The molecule has 2 aromatic carbocycles. The summed E-state index contributed by atoms with van der Waals surface area (Å²) >= 11 is 0. The van der Waals surface area contributed by atoms with Gasteiger partial charge >= 0.3 is 0 Å². The van der Waals surface area contributed by atoms with Crippen molar-refractivity contribution in [1.29, 1.82) is 5.26 Å². The Morgan fingerprint density at radius 3 is 2.58 bits per heavy atom. The van der Waals surface area contributed by atoms with Gasteiger partial charge in [-0.1, -0.05) is 18.2 Å². The minimum atomic E-state index is 0.642. The van der Waals surface area contributed by atoms with E-state index in [1.54, 1.807) is 19.2 Å². The minimum absolute atomic E-state index is 0.642. The van der Waals surface area contributed by atoms with E-state index in [1.165, 1.54) is 0 Å². The predicted octanol–water partition coefficient (Wildman–Crippen LogP) is 3.51. The van der Waals surface area contributed by atoms with Crippen molar-refractivity contribution >= 4 is 11.9 Å². The molecule has 0 fully saturated rings. The van der Waals surface area contributed by atoms with E-state index in [-0.39, 0.29) is 0 Å². The average molecular weight is 250 g/mol. The summed E-state index contributed by atoms with van der Waals surface area (Å²) in [6.45, 7) is 0. The van der Waals surface area contributed by atoms with Crippen LogP contribution in [-0.2, 0) is 6.42 Å². The molecule has 0 aliphatic rings. The van der Waals surface area contributed by atoms with E-state index in [0.717, 1.165) is 17.0 Å². The van der Waals surface area contributed by atoms with Crippen molar-refractivity contribution in [1.82, 2.24) is 0 Å². The number of nitriles is 1. The van der Waals surface area contributed by atoms with E-state index in [2.05, 4.69) is 11.1 Å². The molecular formula is C16H14N2O. The molecule has 3 heteroatoms. The van der Waals surface area contributed by atoms with E-state index < -0.39 is 0 Å². The van der Waals surface area contributed by atoms with Crippen molar-refractivity contribution in [3.05, 3.63) is 59.7 Å². The maximum atomic E-state index is 8.71. The highest BCUT2D eigenvalue weighted by atomic mass is 16.5. The molecule has 2 aromatic rings. The van der Waals surface area contributed by atoms with E-state index >= 15 is 0 Å². The number of hydrogen-bond acceptors (Lipinski definition) is 3. The van der Waals surface area contributed by atoms with Crippen LogP contribution in [-0.4, -0.2) is 13.3 Å². The van der Waals surface area contributed by atoms with Gasteiger partial charge in [-0.2, -0.15) is 5.26 Å². The molecule has 0 amide bonds. The molecule has 0 radical (unpaired) electrons. The van der Waals surface area contributed by atoms with Gasteiger partial charge in [0.05, 0.1) is 24.4 Å². The second kappa shape index (κ2) is 6.36. The van der Waals surface area contributed by atoms with Gasteiger partial charge in [-0.25, -0.2) is 0 Å². The minimum Gasteiger partial charge on any atom is -0.496 e. The van der Waals surface area contributed by atoms with Crippen LogP contribution < -0.4 is 4.74 Å². The van der Waals surface area contributed by atoms with Crippen LogP contribution in [0.2, 0.25) is 0 Å². The molecule has 0 unspecified atom stereocenters. The number of aliphatic imine (C=N–C) groups is 1. The first-order valence-electron chi connectivity index (χ1n) is 5.98. The number of para-hydroxylation sites is 1. The Balaban J connectivity index is 2.05. The van der Waals surface area contributed by atoms with Gasteiger partial charge in [0.2, 0.25) is 0 Å². The van der Waals surface area contributed by atoms with Gasteiger partial charge < -0.3 is 4.74 Å². The molecule has 2 rings (SSSR count). The van der Waals surface area contributed by atoms with E-state index in [1.807, 2.05) is 42.6 Å². The van der Waals surface area contributed by atoms with Crippen molar-refractivity contribution in [3.8, 4) is 11.8 Å². The Bertz CT molecular complexity index is 609. The largest absolute Gasteiger partial charge is 0.496 e. The highest BCUT2D eigenvalue weighted by Crippen LogP contribution is 2.18. The maximum absolute atomic E-state index is 8.71. The number of methoxy groups -OCH3 is 1. The fourth-order valence-electron chi connectivity index (χ4n) is 1.74. The van der Waals surface area contributed by atoms with Crippen LogP contribution in [0.25, 0.3) is 0 Å². The van der Waals surface area contributed by atoms with Crippen molar-refractivity contribution in [2.24, 2.45) is 4.99 Å². The number of rotatable bonds is 4. The Morgan fingerprint density at radius 1 is 1.16 bits per heavy atom. The Morgan fingerprint density at radius 2 is 1.89 bits per heavy atom. The molecule has 0 aliphatic heterocycles. The van der Waals surface area contributed by atoms with Gasteiger partial charge in [0.1, 0.15) is 5.75 Å². The van der Waals surface area contributed by atoms with Crippen molar-refractivity contribution in [2.75, 3.05) is 7.11 Å². The average Bonchev–Trinajstić information content (AvgIpc) is 2.48. The Kier molecular flexibility index (Phi) is 4.30. The monoisotopic (exact) mass is 250 g/mol. The van der Waals surface area contributed by atoms with Crippen LogP contribution in [0.15, 0.2) is 53.5 Å². The fourth-order valence-corrected chi connectivity index (χ4v) is 1.74. The number of ether oxygens (including phenoxy) is 1. The highest BCUT2D eigenvalue weighted by molar-refractivity contribution is 5.67. The highest BCUT2D eigenvalue weighted by Gasteiger charge is 1.98. The number of nitrogens with zero attached hydrogens (tertiary/aromatic N) is 2. The summed E-state index contributed by atoms with van der Waals surface area (Å²) in [5.41, 5.74) is 2.58. The zero-order valence-corrected chi connectivity index (χ0v) is 10.7. The molecule has 0 aliphatic carbocycles. The molecule has 19 heavy (non-hydrogen) atoms. The molecule has 94 valence electrons. The molecule has 0 atom stereocenters. The second-order valence-corrected chi connectivity index (χ2v) is 3.99. The first-order chi connectivity index (χ1) is 9.33. The van der Waals surface area contributed by atoms with Crippen molar-refractivity contribution in [2.45, 2.75) is 6.42 Å². The first-order valence-corrected chi connectivity index (χ1v) is 5.98. The summed E-state index contributed by atoms with van der Waals surface area (Å²) < 4.78 is 5.28.